The zero-order chi connectivity index (χ0) is 11.3. The molecule has 2 nitrogen and oxygen atoms in total. The lowest BCUT2D eigenvalue weighted by atomic mass is 10.1. The van der Waals surface area contributed by atoms with Crippen LogP contribution in [-0.4, -0.2) is 11.0 Å². The summed E-state index contributed by atoms with van der Waals surface area (Å²) in [6, 6.07) is 2.42. The molecule has 0 aromatic carbocycles. The number of unbranched alkanes of at least 4 members (excludes halogenated alkanes) is 1. The van der Waals surface area contributed by atoms with Gasteiger partial charge in [0.05, 0.1) is 5.69 Å². The van der Waals surface area contributed by atoms with Crippen LogP contribution < -0.4 is 5.32 Å². The third kappa shape index (κ3) is 3.71. The number of nitrogens with zero attached hydrogens (tertiary/aromatic N) is 1. The van der Waals surface area contributed by atoms with Gasteiger partial charge in [-0.2, -0.15) is 0 Å². The van der Waals surface area contributed by atoms with Gasteiger partial charge in [-0.3, -0.25) is 0 Å². The Bertz CT molecular complexity index is 292. The molecule has 0 amide bonds. The molecular formula is C12H19ClN2. The van der Waals surface area contributed by atoms with Gasteiger partial charge >= 0.3 is 0 Å². The third-order valence-electron chi connectivity index (χ3n) is 2.49. The molecule has 1 rings (SSSR count). The van der Waals surface area contributed by atoms with Gasteiger partial charge in [0.2, 0.25) is 0 Å². The third-order valence-corrected chi connectivity index (χ3v) is 2.78. The summed E-state index contributed by atoms with van der Waals surface area (Å²) in [5.74, 6) is 0. The Morgan fingerprint density at radius 1 is 1.53 bits per heavy atom. The molecule has 0 aliphatic heterocycles. The van der Waals surface area contributed by atoms with E-state index < -0.39 is 0 Å². The Morgan fingerprint density at radius 3 is 2.87 bits per heavy atom. The first-order chi connectivity index (χ1) is 7.15. The summed E-state index contributed by atoms with van der Waals surface area (Å²) < 4.78 is 0. The van der Waals surface area contributed by atoms with Crippen LogP contribution in [0.3, 0.4) is 0 Å². The first kappa shape index (κ1) is 12.3. The van der Waals surface area contributed by atoms with E-state index in [0.29, 0.717) is 11.2 Å². The highest BCUT2D eigenvalue weighted by Crippen LogP contribution is 2.24. The summed E-state index contributed by atoms with van der Waals surface area (Å²) in [6.07, 6.45) is 5.37. The zero-order valence-corrected chi connectivity index (χ0v) is 10.4. The van der Waals surface area contributed by atoms with Crippen LogP contribution in [0.1, 0.15) is 38.7 Å². The number of halogens is 1. The van der Waals surface area contributed by atoms with Gasteiger partial charge in [0.25, 0.3) is 0 Å². The Kier molecular flexibility index (Phi) is 4.89. The van der Waals surface area contributed by atoms with Crippen LogP contribution in [0.5, 0.6) is 0 Å². The molecule has 0 aliphatic carbocycles. The van der Waals surface area contributed by atoms with E-state index in [2.05, 4.69) is 24.1 Å². The van der Waals surface area contributed by atoms with Gasteiger partial charge in [-0.05, 0) is 31.9 Å². The summed E-state index contributed by atoms with van der Waals surface area (Å²) in [4.78, 5) is 4.08. The van der Waals surface area contributed by atoms with Crippen molar-refractivity contribution in [1.82, 2.24) is 4.98 Å². The van der Waals surface area contributed by atoms with Gasteiger partial charge < -0.3 is 5.32 Å². The Labute approximate surface area is 97.1 Å². The van der Waals surface area contributed by atoms with E-state index in [0.717, 1.165) is 11.3 Å². The molecule has 0 saturated carbocycles. The van der Waals surface area contributed by atoms with Crippen molar-refractivity contribution in [1.29, 1.82) is 0 Å². The number of rotatable bonds is 5. The van der Waals surface area contributed by atoms with Crippen molar-refractivity contribution < 1.29 is 0 Å². The van der Waals surface area contributed by atoms with Gasteiger partial charge in [-0.15, -0.1) is 0 Å². The molecule has 15 heavy (non-hydrogen) atoms. The second-order valence-electron chi connectivity index (χ2n) is 3.98. The smallest absolute Gasteiger partial charge is 0.152 e. The largest absolute Gasteiger partial charge is 0.380 e. The molecule has 0 spiro atoms. The molecule has 0 saturated heterocycles. The van der Waals surface area contributed by atoms with Gasteiger partial charge in [-0.1, -0.05) is 31.4 Å². The molecule has 0 aliphatic rings. The Hall–Kier alpha value is -0.760. The highest BCUT2D eigenvalue weighted by molar-refractivity contribution is 6.32. The number of aromatic nitrogens is 1. The quantitative estimate of drug-likeness (QED) is 0.767. The van der Waals surface area contributed by atoms with E-state index in [9.17, 15) is 0 Å². The van der Waals surface area contributed by atoms with Crippen LogP contribution in [0.4, 0.5) is 5.69 Å². The molecule has 0 radical (unpaired) electrons. The summed E-state index contributed by atoms with van der Waals surface area (Å²) in [5, 5.41) is 3.99. The first-order valence-electron chi connectivity index (χ1n) is 5.52. The number of nitrogens with one attached hydrogen (secondary N) is 1. The van der Waals surface area contributed by atoms with E-state index in [-0.39, 0.29) is 0 Å². The van der Waals surface area contributed by atoms with Crippen molar-refractivity contribution in [2.45, 2.75) is 46.1 Å². The second-order valence-corrected chi connectivity index (χ2v) is 4.34. The second kappa shape index (κ2) is 5.96. The summed E-state index contributed by atoms with van der Waals surface area (Å²) >= 11 is 6.03. The van der Waals surface area contributed by atoms with E-state index in [1.807, 2.05) is 13.0 Å². The maximum atomic E-state index is 6.03. The van der Waals surface area contributed by atoms with Crippen LogP contribution in [0.15, 0.2) is 12.3 Å². The Balaban J connectivity index is 2.63. The molecule has 0 bridgehead atoms. The number of hydrogen-bond donors (Lipinski definition) is 1. The fourth-order valence-corrected chi connectivity index (χ4v) is 1.79. The maximum absolute atomic E-state index is 6.03. The van der Waals surface area contributed by atoms with Gasteiger partial charge in [0.15, 0.2) is 5.15 Å². The maximum Gasteiger partial charge on any atom is 0.152 e. The lowest BCUT2D eigenvalue weighted by molar-refractivity contribution is 0.644. The first-order valence-corrected chi connectivity index (χ1v) is 5.90. The zero-order valence-electron chi connectivity index (χ0n) is 9.68. The van der Waals surface area contributed by atoms with Crippen LogP contribution in [0.25, 0.3) is 0 Å². The molecule has 84 valence electrons. The molecule has 1 aromatic rings. The number of hydrogen-bond acceptors (Lipinski definition) is 2. The average molecular weight is 227 g/mol. The normalized spacial score (nSPS) is 12.5. The van der Waals surface area contributed by atoms with Crippen molar-refractivity contribution in [3.8, 4) is 0 Å². The molecule has 1 unspecified atom stereocenters. The number of anilines is 1. The van der Waals surface area contributed by atoms with Crippen LogP contribution in [0.2, 0.25) is 5.15 Å². The molecule has 1 atom stereocenters. The molecule has 1 N–H and O–H groups in total. The predicted octanol–water partition coefficient (Wildman–Crippen LogP) is 4.03. The monoisotopic (exact) mass is 226 g/mol. The number of aryl methyl sites for hydroxylation is 1. The predicted molar refractivity (Wildman–Crippen MR) is 66.6 cm³/mol. The van der Waals surface area contributed by atoms with Crippen molar-refractivity contribution in [2.24, 2.45) is 0 Å². The van der Waals surface area contributed by atoms with Crippen LogP contribution in [0, 0.1) is 6.92 Å². The SMILES string of the molecule is CCCCC(C)Nc1c(C)ccnc1Cl. The van der Waals surface area contributed by atoms with E-state index in [4.69, 9.17) is 11.6 Å². The Morgan fingerprint density at radius 2 is 2.27 bits per heavy atom. The van der Waals surface area contributed by atoms with Crippen LogP contribution >= 0.6 is 11.6 Å². The van der Waals surface area contributed by atoms with Crippen molar-refractivity contribution >= 4 is 17.3 Å². The summed E-state index contributed by atoms with van der Waals surface area (Å²) in [6.45, 7) is 6.43. The highest BCUT2D eigenvalue weighted by Gasteiger charge is 2.07. The fraction of sp³-hybridized carbons (Fsp3) is 0.583. The lowest BCUT2D eigenvalue weighted by Gasteiger charge is -2.17. The van der Waals surface area contributed by atoms with Gasteiger partial charge in [-0.25, -0.2) is 4.98 Å². The van der Waals surface area contributed by atoms with Crippen LogP contribution in [-0.2, 0) is 0 Å². The summed E-state index contributed by atoms with van der Waals surface area (Å²) in [7, 11) is 0. The highest BCUT2D eigenvalue weighted by atomic mass is 35.5. The lowest BCUT2D eigenvalue weighted by Crippen LogP contribution is -2.16. The van der Waals surface area contributed by atoms with Crippen molar-refractivity contribution in [3.05, 3.63) is 23.0 Å². The molecular weight excluding hydrogens is 208 g/mol. The van der Waals surface area contributed by atoms with E-state index in [1.165, 1.54) is 19.3 Å². The minimum absolute atomic E-state index is 0.449. The topological polar surface area (TPSA) is 24.9 Å². The van der Waals surface area contributed by atoms with Gasteiger partial charge in [0, 0.05) is 12.2 Å². The standard InChI is InChI=1S/C12H19ClN2/c1-4-5-6-10(3)15-11-9(2)7-8-14-12(11)13/h7-8,10,15H,4-6H2,1-3H3. The van der Waals surface area contributed by atoms with E-state index >= 15 is 0 Å². The minimum Gasteiger partial charge on any atom is -0.380 e. The molecule has 3 heteroatoms. The summed E-state index contributed by atoms with van der Waals surface area (Å²) in [5.41, 5.74) is 2.13. The van der Waals surface area contributed by atoms with Crippen molar-refractivity contribution in [3.63, 3.8) is 0 Å². The van der Waals surface area contributed by atoms with Gasteiger partial charge in [0.1, 0.15) is 0 Å². The number of pyridine rings is 1. The minimum atomic E-state index is 0.449. The fourth-order valence-electron chi connectivity index (χ4n) is 1.53. The molecule has 1 heterocycles. The molecule has 1 aromatic heterocycles. The average Bonchev–Trinajstić information content (AvgIpc) is 2.21. The molecule has 0 fully saturated rings. The van der Waals surface area contributed by atoms with Crippen molar-refractivity contribution in [2.75, 3.05) is 5.32 Å². The van der Waals surface area contributed by atoms with E-state index in [1.54, 1.807) is 6.20 Å².